The van der Waals surface area contributed by atoms with E-state index >= 15 is 0 Å². The molecule has 0 saturated heterocycles. The van der Waals surface area contributed by atoms with Crippen LogP contribution in [0, 0.1) is 28.6 Å². The van der Waals surface area contributed by atoms with E-state index in [1.807, 2.05) is 0 Å². The van der Waals surface area contributed by atoms with E-state index in [0.29, 0.717) is 17.8 Å². The predicted molar refractivity (Wildman–Crippen MR) is 111 cm³/mol. The van der Waals surface area contributed by atoms with Crippen molar-refractivity contribution in [3.63, 3.8) is 0 Å². The van der Waals surface area contributed by atoms with Crippen molar-refractivity contribution in [2.45, 2.75) is 73.0 Å². The Morgan fingerprint density at radius 3 is 2.58 bits per heavy atom. The SMILES string of the molecule is CC(C)C1=CC2=CCC3[C@](C)(CC=C[C@@]3(C)C(=O)O[Si](C)(C)C)C2CC1. The van der Waals surface area contributed by atoms with Crippen molar-refractivity contribution in [1.29, 1.82) is 0 Å². The van der Waals surface area contributed by atoms with Gasteiger partial charge in [0.25, 0.3) is 0 Å². The lowest BCUT2D eigenvalue weighted by Crippen LogP contribution is -2.52. The van der Waals surface area contributed by atoms with Gasteiger partial charge in [0.2, 0.25) is 8.32 Å². The fourth-order valence-electron chi connectivity index (χ4n) is 5.48. The maximum Gasteiger partial charge on any atom is 0.302 e. The van der Waals surface area contributed by atoms with Crippen LogP contribution in [0.2, 0.25) is 19.6 Å². The lowest BCUT2D eigenvalue weighted by molar-refractivity contribution is -0.151. The molecule has 2 nitrogen and oxygen atoms in total. The Balaban J connectivity index is 1.96. The summed E-state index contributed by atoms with van der Waals surface area (Å²) in [5.74, 6) is 1.51. The van der Waals surface area contributed by atoms with Gasteiger partial charge in [0.05, 0.1) is 5.41 Å². The van der Waals surface area contributed by atoms with Gasteiger partial charge in [-0.3, -0.25) is 4.79 Å². The van der Waals surface area contributed by atoms with E-state index in [2.05, 4.69) is 71.6 Å². The van der Waals surface area contributed by atoms with Gasteiger partial charge in [-0.1, -0.05) is 50.6 Å². The second-order valence-electron chi connectivity index (χ2n) is 10.4. The highest BCUT2D eigenvalue weighted by Crippen LogP contribution is 2.60. The van der Waals surface area contributed by atoms with Crippen molar-refractivity contribution in [3.8, 4) is 0 Å². The molecule has 3 aliphatic carbocycles. The van der Waals surface area contributed by atoms with Crippen LogP contribution in [0.4, 0.5) is 0 Å². The molecule has 4 atom stereocenters. The Kier molecular flexibility index (Phi) is 4.92. The molecule has 0 saturated carbocycles. The van der Waals surface area contributed by atoms with E-state index in [4.69, 9.17) is 4.43 Å². The van der Waals surface area contributed by atoms with E-state index in [-0.39, 0.29) is 11.4 Å². The standard InChI is InChI=1S/C23H36O2Si/c1-16(2)17-9-11-19-18(15-17)10-12-20-22(19,3)13-8-14-23(20,4)21(24)25-26(5,6)7/h8,10,14-16,19-20H,9,11-13H2,1-7H3/t19?,20?,22-,23-/m1/s1. The first kappa shape index (κ1) is 19.7. The van der Waals surface area contributed by atoms with E-state index in [1.165, 1.54) is 18.4 Å². The van der Waals surface area contributed by atoms with Crippen LogP contribution in [0.5, 0.6) is 0 Å². The van der Waals surface area contributed by atoms with Gasteiger partial charge in [-0.25, -0.2) is 0 Å². The summed E-state index contributed by atoms with van der Waals surface area (Å²) >= 11 is 0. The van der Waals surface area contributed by atoms with Gasteiger partial charge in [-0.15, -0.1) is 0 Å². The minimum Gasteiger partial charge on any atom is -0.519 e. The molecular formula is C23H36O2Si. The fourth-order valence-corrected chi connectivity index (χ4v) is 6.26. The Hall–Kier alpha value is -1.09. The molecule has 0 heterocycles. The largest absolute Gasteiger partial charge is 0.519 e. The molecule has 144 valence electrons. The summed E-state index contributed by atoms with van der Waals surface area (Å²) in [6, 6.07) is 0. The second-order valence-corrected chi connectivity index (χ2v) is 14.8. The molecule has 0 aromatic rings. The van der Waals surface area contributed by atoms with Crippen molar-refractivity contribution in [2.24, 2.45) is 28.6 Å². The summed E-state index contributed by atoms with van der Waals surface area (Å²) < 4.78 is 5.97. The second kappa shape index (κ2) is 6.51. The predicted octanol–water partition coefficient (Wildman–Crippen LogP) is 6.28. The van der Waals surface area contributed by atoms with Gasteiger partial charge < -0.3 is 4.43 Å². The van der Waals surface area contributed by atoms with Crippen LogP contribution in [-0.4, -0.2) is 14.3 Å². The van der Waals surface area contributed by atoms with Crippen LogP contribution in [0.1, 0.15) is 53.4 Å². The Bertz CT molecular complexity index is 679. The highest BCUT2D eigenvalue weighted by atomic mass is 28.4. The summed E-state index contributed by atoms with van der Waals surface area (Å²) in [4.78, 5) is 13.2. The molecule has 0 aromatic heterocycles. The Labute approximate surface area is 160 Å². The quantitative estimate of drug-likeness (QED) is 0.431. The molecule has 2 unspecified atom stereocenters. The lowest BCUT2D eigenvalue weighted by Gasteiger charge is -2.55. The van der Waals surface area contributed by atoms with E-state index in [1.54, 1.807) is 5.57 Å². The van der Waals surface area contributed by atoms with Crippen molar-refractivity contribution in [3.05, 3.63) is 35.5 Å². The number of hydrogen-bond acceptors (Lipinski definition) is 2. The molecule has 0 aliphatic heterocycles. The highest BCUT2D eigenvalue weighted by Gasteiger charge is 2.56. The molecule has 0 N–H and O–H groups in total. The van der Waals surface area contributed by atoms with Crippen molar-refractivity contribution < 1.29 is 9.22 Å². The Morgan fingerprint density at radius 2 is 1.96 bits per heavy atom. The molecule has 3 aliphatic rings. The molecule has 0 amide bonds. The molecule has 0 fully saturated rings. The van der Waals surface area contributed by atoms with Gasteiger partial charge in [-0.05, 0) is 81.0 Å². The zero-order chi connectivity index (χ0) is 19.3. The minimum absolute atomic E-state index is 0.00471. The zero-order valence-corrected chi connectivity index (χ0v) is 18.7. The average molecular weight is 373 g/mol. The number of carbonyl (C=O) groups excluding carboxylic acids is 1. The first-order valence-electron chi connectivity index (χ1n) is 10.3. The first-order chi connectivity index (χ1) is 12.0. The molecule has 3 heteroatoms. The van der Waals surface area contributed by atoms with Crippen molar-refractivity contribution >= 4 is 14.3 Å². The van der Waals surface area contributed by atoms with Crippen LogP contribution in [-0.2, 0) is 9.22 Å². The van der Waals surface area contributed by atoms with Crippen LogP contribution >= 0.6 is 0 Å². The van der Waals surface area contributed by atoms with Crippen LogP contribution in [0.3, 0.4) is 0 Å². The molecule has 0 spiro atoms. The third-order valence-electron chi connectivity index (χ3n) is 6.98. The fraction of sp³-hybridized carbons (Fsp3) is 0.696. The van der Waals surface area contributed by atoms with E-state index in [9.17, 15) is 4.79 Å². The molecule has 26 heavy (non-hydrogen) atoms. The monoisotopic (exact) mass is 372 g/mol. The molecular weight excluding hydrogens is 336 g/mol. The third-order valence-corrected chi connectivity index (χ3v) is 7.78. The van der Waals surface area contributed by atoms with Gasteiger partial charge in [0.15, 0.2) is 0 Å². The number of fused-ring (bicyclic) bond motifs is 3. The number of allylic oxidation sites excluding steroid dienone is 5. The summed E-state index contributed by atoms with van der Waals surface area (Å²) in [6.45, 7) is 15.4. The first-order valence-corrected chi connectivity index (χ1v) is 13.7. The number of carbonyl (C=O) groups is 1. The number of rotatable bonds is 3. The topological polar surface area (TPSA) is 26.3 Å². The maximum absolute atomic E-state index is 13.2. The lowest BCUT2D eigenvalue weighted by atomic mass is 9.48. The highest BCUT2D eigenvalue weighted by molar-refractivity contribution is 6.71. The minimum atomic E-state index is -1.90. The molecule has 3 rings (SSSR count). The van der Waals surface area contributed by atoms with E-state index in [0.717, 1.165) is 12.8 Å². The van der Waals surface area contributed by atoms with Crippen molar-refractivity contribution in [1.82, 2.24) is 0 Å². The number of hydrogen-bond donors (Lipinski definition) is 0. The smallest absolute Gasteiger partial charge is 0.302 e. The van der Waals surface area contributed by atoms with Crippen LogP contribution < -0.4 is 0 Å². The zero-order valence-electron chi connectivity index (χ0n) is 17.7. The summed E-state index contributed by atoms with van der Waals surface area (Å²) in [5.41, 5.74) is 2.75. The summed E-state index contributed by atoms with van der Waals surface area (Å²) in [7, 11) is -1.90. The van der Waals surface area contributed by atoms with Crippen LogP contribution in [0.15, 0.2) is 35.5 Å². The average Bonchev–Trinajstić information content (AvgIpc) is 2.52. The summed E-state index contributed by atoms with van der Waals surface area (Å²) in [5, 5.41) is 0. The van der Waals surface area contributed by atoms with Gasteiger partial charge in [0.1, 0.15) is 0 Å². The third kappa shape index (κ3) is 3.28. The van der Waals surface area contributed by atoms with Gasteiger partial charge >= 0.3 is 5.97 Å². The molecule has 0 bridgehead atoms. The van der Waals surface area contributed by atoms with Gasteiger partial charge in [0, 0.05) is 0 Å². The maximum atomic E-state index is 13.2. The normalized spacial score (nSPS) is 36.8. The van der Waals surface area contributed by atoms with Crippen molar-refractivity contribution in [2.75, 3.05) is 0 Å². The molecule has 0 aromatic carbocycles. The van der Waals surface area contributed by atoms with E-state index < -0.39 is 13.7 Å². The van der Waals surface area contributed by atoms with Gasteiger partial charge in [-0.2, -0.15) is 0 Å². The van der Waals surface area contributed by atoms with Crippen LogP contribution in [0.25, 0.3) is 0 Å². The Morgan fingerprint density at radius 1 is 1.27 bits per heavy atom. The molecule has 0 radical (unpaired) electrons. The summed E-state index contributed by atoms with van der Waals surface area (Å²) in [6.07, 6.45) is 13.8.